The second kappa shape index (κ2) is 8.16. The number of rotatable bonds is 5. The molecule has 0 aromatic carbocycles. The van der Waals surface area contributed by atoms with Gasteiger partial charge in [-0.2, -0.15) is 0 Å². The lowest BCUT2D eigenvalue weighted by Crippen LogP contribution is -2.36. The van der Waals surface area contributed by atoms with Gasteiger partial charge in [0.2, 0.25) is 0 Å². The molecule has 0 radical (unpaired) electrons. The molecule has 0 aromatic rings. The average molecular weight is 266 g/mol. The van der Waals surface area contributed by atoms with Gasteiger partial charge in [0, 0.05) is 5.57 Å². The SMILES string of the molecule is CC=C(C)COC1CCCCC1OC(=O)C(C)=CC. The number of hydrogen-bond donors (Lipinski definition) is 0. The number of hydrogen-bond acceptors (Lipinski definition) is 3. The van der Waals surface area contributed by atoms with E-state index in [1.165, 1.54) is 5.57 Å². The third-order valence-electron chi connectivity index (χ3n) is 3.67. The summed E-state index contributed by atoms with van der Waals surface area (Å²) in [6, 6.07) is 0. The van der Waals surface area contributed by atoms with Gasteiger partial charge in [-0.1, -0.05) is 24.1 Å². The van der Waals surface area contributed by atoms with Crippen LogP contribution in [-0.4, -0.2) is 24.8 Å². The lowest BCUT2D eigenvalue weighted by Gasteiger charge is -2.31. The molecule has 2 unspecified atom stereocenters. The predicted octanol–water partition coefficient (Wildman–Crippen LogP) is 3.79. The molecule has 1 aliphatic rings. The first-order chi connectivity index (χ1) is 9.08. The van der Waals surface area contributed by atoms with Crippen molar-refractivity contribution in [3.8, 4) is 0 Å². The van der Waals surface area contributed by atoms with Gasteiger partial charge in [0.1, 0.15) is 6.10 Å². The van der Waals surface area contributed by atoms with Crippen LogP contribution in [-0.2, 0) is 14.3 Å². The molecule has 2 atom stereocenters. The second-order valence-electron chi connectivity index (χ2n) is 5.18. The molecule has 0 spiro atoms. The van der Waals surface area contributed by atoms with E-state index in [-0.39, 0.29) is 18.2 Å². The normalized spacial score (nSPS) is 25.3. The van der Waals surface area contributed by atoms with Crippen LogP contribution in [0.2, 0.25) is 0 Å². The van der Waals surface area contributed by atoms with Crippen molar-refractivity contribution in [3.63, 3.8) is 0 Å². The van der Waals surface area contributed by atoms with Crippen LogP contribution in [0.4, 0.5) is 0 Å². The molecule has 0 aliphatic heterocycles. The van der Waals surface area contributed by atoms with Crippen molar-refractivity contribution in [1.29, 1.82) is 0 Å². The highest BCUT2D eigenvalue weighted by Gasteiger charge is 2.29. The number of ether oxygens (including phenoxy) is 2. The molecule has 108 valence electrons. The highest BCUT2D eigenvalue weighted by molar-refractivity contribution is 5.87. The summed E-state index contributed by atoms with van der Waals surface area (Å²) in [5, 5.41) is 0. The Labute approximate surface area is 116 Å². The Morgan fingerprint density at radius 2 is 1.74 bits per heavy atom. The Morgan fingerprint density at radius 1 is 1.11 bits per heavy atom. The molecular weight excluding hydrogens is 240 g/mol. The van der Waals surface area contributed by atoms with Gasteiger partial charge in [-0.15, -0.1) is 0 Å². The van der Waals surface area contributed by atoms with Crippen molar-refractivity contribution in [2.45, 2.75) is 65.6 Å². The maximum atomic E-state index is 11.8. The van der Waals surface area contributed by atoms with Crippen LogP contribution in [0.25, 0.3) is 0 Å². The maximum Gasteiger partial charge on any atom is 0.333 e. The van der Waals surface area contributed by atoms with E-state index in [0.29, 0.717) is 12.2 Å². The van der Waals surface area contributed by atoms with E-state index in [1.807, 2.05) is 26.8 Å². The molecule has 1 fully saturated rings. The van der Waals surface area contributed by atoms with Gasteiger partial charge < -0.3 is 9.47 Å². The molecule has 0 aromatic heterocycles. The van der Waals surface area contributed by atoms with Crippen LogP contribution >= 0.6 is 0 Å². The minimum Gasteiger partial charge on any atom is -0.456 e. The molecule has 19 heavy (non-hydrogen) atoms. The summed E-state index contributed by atoms with van der Waals surface area (Å²) >= 11 is 0. The van der Waals surface area contributed by atoms with Crippen LogP contribution in [0.3, 0.4) is 0 Å². The van der Waals surface area contributed by atoms with Gasteiger partial charge in [-0.3, -0.25) is 0 Å². The number of esters is 1. The summed E-state index contributed by atoms with van der Waals surface area (Å²) in [7, 11) is 0. The largest absolute Gasteiger partial charge is 0.456 e. The van der Waals surface area contributed by atoms with E-state index < -0.39 is 0 Å². The van der Waals surface area contributed by atoms with Crippen LogP contribution in [0.15, 0.2) is 23.3 Å². The zero-order valence-corrected chi connectivity index (χ0v) is 12.6. The molecule has 0 heterocycles. The van der Waals surface area contributed by atoms with E-state index in [1.54, 1.807) is 13.0 Å². The van der Waals surface area contributed by atoms with Gasteiger partial charge in [0.15, 0.2) is 0 Å². The fourth-order valence-electron chi connectivity index (χ4n) is 2.06. The zero-order chi connectivity index (χ0) is 14.3. The van der Waals surface area contributed by atoms with Crippen molar-refractivity contribution >= 4 is 5.97 Å². The molecule has 0 amide bonds. The van der Waals surface area contributed by atoms with E-state index in [0.717, 1.165) is 25.7 Å². The van der Waals surface area contributed by atoms with Gasteiger partial charge in [0.05, 0.1) is 12.7 Å². The monoisotopic (exact) mass is 266 g/mol. The van der Waals surface area contributed by atoms with Crippen LogP contribution in [0, 0.1) is 0 Å². The topological polar surface area (TPSA) is 35.5 Å². The molecule has 0 N–H and O–H groups in total. The number of carbonyl (C=O) groups is 1. The summed E-state index contributed by atoms with van der Waals surface area (Å²) < 4.78 is 11.5. The maximum absolute atomic E-state index is 11.8. The molecule has 3 nitrogen and oxygen atoms in total. The Morgan fingerprint density at radius 3 is 2.32 bits per heavy atom. The predicted molar refractivity (Wildman–Crippen MR) is 77.0 cm³/mol. The molecule has 0 saturated heterocycles. The van der Waals surface area contributed by atoms with E-state index >= 15 is 0 Å². The van der Waals surface area contributed by atoms with Crippen LogP contribution in [0.1, 0.15) is 53.4 Å². The quantitative estimate of drug-likeness (QED) is 0.431. The standard InChI is InChI=1S/C16H26O3/c1-5-12(3)11-18-14-9-7-8-10-15(14)19-16(17)13(4)6-2/h5-6,14-15H,7-11H2,1-4H3. The third kappa shape index (κ3) is 5.19. The molecule has 1 aliphatic carbocycles. The van der Waals surface area contributed by atoms with Gasteiger partial charge in [-0.05, 0) is 47.0 Å². The highest BCUT2D eigenvalue weighted by Crippen LogP contribution is 2.25. The summed E-state index contributed by atoms with van der Waals surface area (Å²) in [6.07, 6.45) is 7.91. The average Bonchev–Trinajstić information content (AvgIpc) is 2.44. The highest BCUT2D eigenvalue weighted by atomic mass is 16.6. The summed E-state index contributed by atoms with van der Waals surface area (Å²) in [5.74, 6) is -0.217. The summed E-state index contributed by atoms with van der Waals surface area (Å²) in [5.41, 5.74) is 1.87. The number of carbonyl (C=O) groups excluding carboxylic acids is 1. The fraction of sp³-hybridized carbons (Fsp3) is 0.688. The molecular formula is C16H26O3. The Kier molecular flexibility index (Phi) is 6.85. The van der Waals surface area contributed by atoms with E-state index in [4.69, 9.17) is 9.47 Å². The Balaban J connectivity index is 2.55. The first-order valence-corrected chi connectivity index (χ1v) is 7.15. The van der Waals surface area contributed by atoms with Crippen molar-refractivity contribution in [3.05, 3.63) is 23.3 Å². The molecule has 1 saturated carbocycles. The van der Waals surface area contributed by atoms with Crippen LogP contribution in [0.5, 0.6) is 0 Å². The third-order valence-corrected chi connectivity index (χ3v) is 3.67. The Hall–Kier alpha value is -1.09. The molecule has 1 rings (SSSR count). The van der Waals surface area contributed by atoms with Crippen molar-refractivity contribution in [2.24, 2.45) is 0 Å². The molecule has 0 bridgehead atoms. The van der Waals surface area contributed by atoms with Crippen molar-refractivity contribution < 1.29 is 14.3 Å². The lowest BCUT2D eigenvalue weighted by molar-refractivity contribution is -0.155. The first kappa shape index (κ1) is 16.0. The van der Waals surface area contributed by atoms with Crippen molar-refractivity contribution in [1.82, 2.24) is 0 Å². The van der Waals surface area contributed by atoms with Gasteiger partial charge in [-0.25, -0.2) is 4.79 Å². The van der Waals surface area contributed by atoms with Crippen LogP contribution < -0.4 is 0 Å². The first-order valence-electron chi connectivity index (χ1n) is 7.15. The minimum absolute atomic E-state index is 0.0391. The van der Waals surface area contributed by atoms with E-state index in [9.17, 15) is 4.79 Å². The summed E-state index contributed by atoms with van der Waals surface area (Å²) in [6.45, 7) is 8.31. The zero-order valence-electron chi connectivity index (χ0n) is 12.6. The summed E-state index contributed by atoms with van der Waals surface area (Å²) in [4.78, 5) is 11.8. The van der Waals surface area contributed by atoms with Crippen molar-refractivity contribution in [2.75, 3.05) is 6.61 Å². The van der Waals surface area contributed by atoms with Gasteiger partial charge >= 0.3 is 5.97 Å². The molecule has 3 heteroatoms. The fourth-order valence-corrected chi connectivity index (χ4v) is 2.06. The Bertz CT molecular complexity index is 355. The second-order valence-corrected chi connectivity index (χ2v) is 5.18. The van der Waals surface area contributed by atoms with Gasteiger partial charge in [0.25, 0.3) is 0 Å². The smallest absolute Gasteiger partial charge is 0.333 e. The lowest BCUT2D eigenvalue weighted by atomic mass is 9.94. The van der Waals surface area contributed by atoms with E-state index in [2.05, 4.69) is 0 Å². The number of allylic oxidation sites excluding steroid dienone is 2. The minimum atomic E-state index is -0.217.